The van der Waals surface area contributed by atoms with Crippen LogP contribution in [0.3, 0.4) is 0 Å². The van der Waals surface area contributed by atoms with Crippen LogP contribution in [0.4, 0.5) is 5.69 Å². The van der Waals surface area contributed by atoms with Gasteiger partial charge in [-0.05, 0) is 107 Å². The summed E-state index contributed by atoms with van der Waals surface area (Å²) in [6.45, 7) is 4.83. The van der Waals surface area contributed by atoms with Gasteiger partial charge in [-0.3, -0.25) is 0 Å². The van der Waals surface area contributed by atoms with E-state index < -0.39 is 0 Å². The molecule has 3 unspecified atom stereocenters. The quantitative estimate of drug-likeness (QED) is 0.177. The average Bonchev–Trinajstić information content (AvgIpc) is 3.67. The van der Waals surface area contributed by atoms with Crippen LogP contribution >= 0.6 is 0 Å². The minimum atomic E-state index is -0.125. The summed E-state index contributed by atoms with van der Waals surface area (Å²) in [5.41, 5.74) is 15.3. The highest BCUT2D eigenvalue weighted by Gasteiger charge is 2.50. The maximum absolute atomic E-state index is 2.59. The summed E-state index contributed by atoms with van der Waals surface area (Å²) in [5.74, 6) is 0.801. The number of hydrogen-bond acceptors (Lipinski definition) is 1. The van der Waals surface area contributed by atoms with Crippen LogP contribution in [0, 0.1) is 11.8 Å². The molecule has 0 radical (unpaired) electrons. The van der Waals surface area contributed by atoms with E-state index in [0.29, 0.717) is 11.8 Å². The minimum Gasteiger partial charge on any atom is -0.331 e. The Morgan fingerprint density at radius 1 is 0.558 bits per heavy atom. The van der Waals surface area contributed by atoms with Crippen molar-refractivity contribution in [2.75, 3.05) is 4.90 Å². The van der Waals surface area contributed by atoms with E-state index in [2.05, 4.69) is 205 Å². The van der Waals surface area contributed by atoms with E-state index >= 15 is 0 Å². The summed E-state index contributed by atoms with van der Waals surface area (Å²) < 4.78 is 2.42. The van der Waals surface area contributed by atoms with Crippen LogP contribution in [0.1, 0.15) is 25.8 Å². The van der Waals surface area contributed by atoms with Crippen molar-refractivity contribution in [3.05, 3.63) is 199 Å². The molecule has 0 saturated heterocycles. The second-order valence-corrected chi connectivity index (χ2v) is 14.8. The van der Waals surface area contributed by atoms with Crippen molar-refractivity contribution >= 4 is 33.1 Å². The highest BCUT2D eigenvalue weighted by molar-refractivity contribution is 6.10. The average molecular weight is 669 g/mol. The Balaban J connectivity index is 1.03. The summed E-state index contributed by atoms with van der Waals surface area (Å²) in [6, 6.07) is 55.4. The Kier molecular flexibility index (Phi) is 7.08. The second-order valence-electron chi connectivity index (χ2n) is 14.8. The molecule has 10 rings (SSSR count). The third-order valence-electron chi connectivity index (χ3n) is 11.7. The van der Waals surface area contributed by atoms with Crippen LogP contribution in [-0.2, 0) is 0 Å². The zero-order chi connectivity index (χ0) is 34.8. The van der Waals surface area contributed by atoms with Crippen molar-refractivity contribution in [2.24, 2.45) is 11.8 Å². The molecule has 6 aromatic carbocycles. The molecular weight excluding hydrogens is 629 g/mol. The molecule has 2 nitrogen and oxygen atoms in total. The number of allylic oxidation sites excluding steroid dienone is 4. The van der Waals surface area contributed by atoms with Gasteiger partial charge in [-0.2, -0.15) is 0 Å². The van der Waals surface area contributed by atoms with Crippen molar-refractivity contribution in [3.8, 4) is 27.9 Å². The molecule has 7 aromatic rings. The monoisotopic (exact) mass is 668 g/mol. The molecule has 3 aliphatic rings. The maximum Gasteiger partial charge on any atom is 0.0709 e. The molecule has 2 aliphatic carbocycles. The Labute approximate surface area is 306 Å². The van der Waals surface area contributed by atoms with E-state index in [1.807, 2.05) is 0 Å². The third-order valence-corrected chi connectivity index (χ3v) is 11.7. The van der Waals surface area contributed by atoms with E-state index in [1.165, 1.54) is 72.3 Å². The number of anilines is 1. The first kappa shape index (κ1) is 30.7. The first-order chi connectivity index (χ1) is 25.6. The fourth-order valence-electron chi connectivity index (χ4n) is 9.21. The molecule has 1 aromatic heterocycles. The molecule has 3 atom stereocenters. The molecule has 0 saturated carbocycles. The van der Waals surface area contributed by atoms with Crippen molar-refractivity contribution in [2.45, 2.75) is 25.8 Å². The van der Waals surface area contributed by atoms with Gasteiger partial charge in [0.05, 0.1) is 16.6 Å². The summed E-state index contributed by atoms with van der Waals surface area (Å²) in [6.07, 6.45) is 12.8. The van der Waals surface area contributed by atoms with Gasteiger partial charge in [0.25, 0.3) is 0 Å². The topological polar surface area (TPSA) is 8.17 Å². The summed E-state index contributed by atoms with van der Waals surface area (Å²) in [5, 5.41) is 2.57. The number of rotatable bonds is 5. The van der Waals surface area contributed by atoms with Gasteiger partial charge < -0.3 is 9.47 Å². The molecular formula is C50H40N2. The van der Waals surface area contributed by atoms with E-state index in [0.717, 1.165) is 6.42 Å². The zero-order valence-corrected chi connectivity index (χ0v) is 29.6. The highest BCUT2D eigenvalue weighted by atomic mass is 15.2. The first-order valence-electron chi connectivity index (χ1n) is 18.5. The van der Waals surface area contributed by atoms with Gasteiger partial charge in [0, 0.05) is 33.8 Å². The fourth-order valence-corrected chi connectivity index (χ4v) is 9.21. The Hall–Kier alpha value is -6.12. The minimum absolute atomic E-state index is 0.125. The van der Waals surface area contributed by atoms with Crippen molar-refractivity contribution in [1.29, 1.82) is 0 Å². The smallest absolute Gasteiger partial charge is 0.0709 e. The van der Waals surface area contributed by atoms with Gasteiger partial charge in [0.15, 0.2) is 0 Å². The molecule has 0 N–H and O–H groups in total. The lowest BCUT2D eigenvalue weighted by Gasteiger charge is -2.40. The largest absolute Gasteiger partial charge is 0.331 e. The second kappa shape index (κ2) is 12.0. The number of hydrogen-bond donors (Lipinski definition) is 0. The lowest BCUT2D eigenvalue weighted by Crippen LogP contribution is -2.45. The molecule has 250 valence electrons. The normalized spacial score (nSPS) is 20.7. The number of para-hydroxylation sites is 2. The molecule has 0 spiro atoms. The molecule has 2 heteroatoms. The van der Waals surface area contributed by atoms with Crippen LogP contribution in [0.2, 0.25) is 0 Å². The maximum atomic E-state index is 2.59. The molecule has 52 heavy (non-hydrogen) atoms. The van der Waals surface area contributed by atoms with Crippen LogP contribution in [-0.4, -0.2) is 10.1 Å². The van der Waals surface area contributed by atoms with E-state index in [-0.39, 0.29) is 5.54 Å². The highest BCUT2D eigenvalue weighted by Crippen LogP contribution is 2.54. The number of benzene rings is 6. The van der Waals surface area contributed by atoms with E-state index in [4.69, 9.17) is 0 Å². The van der Waals surface area contributed by atoms with Gasteiger partial charge in [-0.15, -0.1) is 0 Å². The predicted octanol–water partition coefficient (Wildman–Crippen LogP) is 12.8. The Morgan fingerprint density at radius 2 is 1.15 bits per heavy atom. The first-order valence-corrected chi connectivity index (χ1v) is 18.5. The van der Waals surface area contributed by atoms with Crippen molar-refractivity contribution in [1.82, 2.24) is 4.57 Å². The lowest BCUT2D eigenvalue weighted by atomic mass is 9.73. The van der Waals surface area contributed by atoms with Gasteiger partial charge in [-0.1, -0.05) is 140 Å². The van der Waals surface area contributed by atoms with Gasteiger partial charge in [0.1, 0.15) is 0 Å². The predicted molar refractivity (Wildman–Crippen MR) is 220 cm³/mol. The van der Waals surface area contributed by atoms with E-state index in [1.54, 1.807) is 5.57 Å². The fraction of sp³-hybridized carbons (Fsp3) is 0.120. The number of fused-ring (bicyclic) bond motifs is 5. The number of nitrogens with zero attached hydrogens (tertiary/aromatic N) is 2. The zero-order valence-electron chi connectivity index (χ0n) is 29.6. The van der Waals surface area contributed by atoms with Crippen molar-refractivity contribution in [3.63, 3.8) is 0 Å². The van der Waals surface area contributed by atoms with Gasteiger partial charge in [0.2, 0.25) is 0 Å². The lowest BCUT2D eigenvalue weighted by molar-refractivity contribution is 0.467. The molecule has 0 amide bonds. The Bertz CT molecular complexity index is 2600. The van der Waals surface area contributed by atoms with Gasteiger partial charge >= 0.3 is 0 Å². The number of aromatic nitrogens is 1. The molecule has 2 heterocycles. The van der Waals surface area contributed by atoms with Crippen LogP contribution in [0.25, 0.3) is 55.3 Å². The summed E-state index contributed by atoms with van der Waals surface area (Å²) in [4.78, 5) is 2.59. The SMILES string of the molecule is CC1CC(c2ccc3c(c2)c2ccccc2n3-c2ccc(-c3ccc(-c4ccccc4)cc3)cc2)=CC2=C1C1C=CC=CC1(C)N2c1ccccc1. The summed E-state index contributed by atoms with van der Waals surface area (Å²) in [7, 11) is 0. The van der Waals surface area contributed by atoms with Crippen LogP contribution < -0.4 is 4.90 Å². The Morgan fingerprint density at radius 3 is 1.88 bits per heavy atom. The molecule has 1 aliphatic heterocycles. The molecule has 0 fully saturated rings. The summed E-state index contributed by atoms with van der Waals surface area (Å²) >= 11 is 0. The van der Waals surface area contributed by atoms with Crippen LogP contribution in [0.5, 0.6) is 0 Å². The molecule has 0 bridgehead atoms. The van der Waals surface area contributed by atoms with Gasteiger partial charge in [-0.25, -0.2) is 0 Å². The van der Waals surface area contributed by atoms with Crippen LogP contribution in [0.15, 0.2) is 193 Å². The van der Waals surface area contributed by atoms with E-state index in [9.17, 15) is 0 Å². The third kappa shape index (κ3) is 4.78. The standard InChI is InChI=1S/C50H40N2/c1-34-31-40(33-48-49(34)45-18-11-12-30-50(45,2)52(48)42-15-7-4-8-16-42)39-26-29-47-44(32-39)43-17-9-10-19-46(43)51(47)41-27-24-38(25-28-41)37-22-20-36(21-23-37)35-13-5-3-6-14-35/h3-30,32-34,45H,31H2,1-2H3. The van der Waals surface area contributed by atoms with Crippen molar-refractivity contribution < 1.29 is 0 Å².